The maximum Gasteiger partial charge on any atom is 0.220 e. The van der Waals surface area contributed by atoms with Gasteiger partial charge in [-0.3, -0.25) is 0 Å². The first-order valence-electron chi connectivity index (χ1n) is 6.46. The third-order valence-corrected chi connectivity index (χ3v) is 2.67. The summed E-state index contributed by atoms with van der Waals surface area (Å²) in [6.45, 7) is 5.02. The normalized spacial score (nSPS) is 11.1. The molecule has 5 nitrogen and oxygen atoms in total. The molecule has 2 rings (SSSR count). The molecule has 0 atom stereocenters. The van der Waals surface area contributed by atoms with Crippen molar-refractivity contribution in [3.05, 3.63) is 41.6 Å². The van der Waals surface area contributed by atoms with Gasteiger partial charge in [-0.2, -0.15) is 0 Å². The zero-order valence-electron chi connectivity index (χ0n) is 11.3. The standard InChI is InChI=1S/C14H19N3O2/c1-10(2)15-7-6-13-16-17-14(19-13)9-11-4-3-5-12(18)8-11/h3-5,8,10,15,18H,6-7,9H2,1-2H3. The third-order valence-electron chi connectivity index (χ3n) is 2.67. The minimum absolute atomic E-state index is 0.248. The number of aromatic nitrogens is 2. The number of hydrogen-bond donors (Lipinski definition) is 2. The van der Waals surface area contributed by atoms with E-state index in [1.165, 1.54) is 0 Å². The van der Waals surface area contributed by atoms with E-state index in [9.17, 15) is 5.11 Å². The highest BCUT2D eigenvalue weighted by atomic mass is 16.4. The minimum atomic E-state index is 0.248. The van der Waals surface area contributed by atoms with Crippen LogP contribution in [-0.2, 0) is 12.8 Å². The Morgan fingerprint density at radius 2 is 2.05 bits per heavy atom. The zero-order valence-corrected chi connectivity index (χ0v) is 11.3. The topological polar surface area (TPSA) is 71.2 Å². The maximum absolute atomic E-state index is 9.39. The van der Waals surface area contributed by atoms with Crippen LogP contribution in [0.3, 0.4) is 0 Å². The SMILES string of the molecule is CC(C)NCCc1nnc(Cc2cccc(O)c2)o1. The molecule has 1 heterocycles. The number of hydrogen-bond acceptors (Lipinski definition) is 5. The Balaban J connectivity index is 1.90. The average Bonchev–Trinajstić information content (AvgIpc) is 2.76. The van der Waals surface area contributed by atoms with Gasteiger partial charge in [-0.25, -0.2) is 0 Å². The highest BCUT2D eigenvalue weighted by Gasteiger charge is 2.07. The van der Waals surface area contributed by atoms with Gasteiger partial charge in [0, 0.05) is 19.0 Å². The van der Waals surface area contributed by atoms with Crippen LogP contribution in [0.1, 0.15) is 31.2 Å². The molecule has 1 aromatic carbocycles. The van der Waals surface area contributed by atoms with E-state index < -0.39 is 0 Å². The van der Waals surface area contributed by atoms with Crippen molar-refractivity contribution in [2.75, 3.05) is 6.54 Å². The number of aromatic hydroxyl groups is 1. The Bertz CT molecular complexity index is 523. The highest BCUT2D eigenvalue weighted by Crippen LogP contribution is 2.14. The van der Waals surface area contributed by atoms with Crippen molar-refractivity contribution in [1.29, 1.82) is 0 Å². The molecule has 0 aliphatic heterocycles. The van der Waals surface area contributed by atoms with Gasteiger partial charge in [-0.15, -0.1) is 10.2 Å². The second-order valence-corrected chi connectivity index (χ2v) is 4.80. The second-order valence-electron chi connectivity index (χ2n) is 4.80. The van der Waals surface area contributed by atoms with E-state index in [0.29, 0.717) is 24.2 Å². The van der Waals surface area contributed by atoms with Crippen LogP contribution in [0.25, 0.3) is 0 Å². The molecule has 0 aliphatic carbocycles. The Kier molecular flexibility index (Phi) is 4.52. The fourth-order valence-electron chi connectivity index (χ4n) is 1.77. The van der Waals surface area contributed by atoms with E-state index in [4.69, 9.17) is 4.42 Å². The molecule has 2 aromatic rings. The summed E-state index contributed by atoms with van der Waals surface area (Å²) in [5.74, 6) is 1.46. The quantitative estimate of drug-likeness (QED) is 0.831. The molecule has 5 heteroatoms. The molecular weight excluding hydrogens is 242 g/mol. The largest absolute Gasteiger partial charge is 0.508 e. The lowest BCUT2D eigenvalue weighted by Crippen LogP contribution is -2.25. The lowest BCUT2D eigenvalue weighted by atomic mass is 10.1. The van der Waals surface area contributed by atoms with Gasteiger partial charge < -0.3 is 14.8 Å². The Morgan fingerprint density at radius 1 is 1.26 bits per heavy atom. The molecule has 0 aliphatic rings. The van der Waals surface area contributed by atoms with Gasteiger partial charge in [0.15, 0.2) is 0 Å². The van der Waals surface area contributed by atoms with Gasteiger partial charge in [0.05, 0.1) is 6.42 Å². The van der Waals surface area contributed by atoms with Crippen LogP contribution in [0.4, 0.5) is 0 Å². The fourth-order valence-corrected chi connectivity index (χ4v) is 1.77. The van der Waals surface area contributed by atoms with E-state index in [-0.39, 0.29) is 5.75 Å². The monoisotopic (exact) mass is 261 g/mol. The molecule has 102 valence electrons. The number of rotatable bonds is 6. The summed E-state index contributed by atoms with van der Waals surface area (Å²) >= 11 is 0. The lowest BCUT2D eigenvalue weighted by molar-refractivity contribution is 0.445. The van der Waals surface area contributed by atoms with Gasteiger partial charge >= 0.3 is 0 Å². The van der Waals surface area contributed by atoms with E-state index >= 15 is 0 Å². The van der Waals surface area contributed by atoms with Crippen LogP contribution < -0.4 is 5.32 Å². The summed E-state index contributed by atoms with van der Waals surface area (Å²) in [4.78, 5) is 0. The molecule has 0 saturated heterocycles. The van der Waals surface area contributed by atoms with Crippen molar-refractivity contribution in [3.63, 3.8) is 0 Å². The van der Waals surface area contributed by atoms with Crippen molar-refractivity contribution in [3.8, 4) is 5.75 Å². The molecule has 19 heavy (non-hydrogen) atoms. The zero-order chi connectivity index (χ0) is 13.7. The summed E-state index contributed by atoms with van der Waals surface area (Å²) in [7, 11) is 0. The van der Waals surface area contributed by atoms with Gasteiger partial charge in [0.1, 0.15) is 5.75 Å². The first-order chi connectivity index (χ1) is 9.13. The molecular formula is C14H19N3O2. The van der Waals surface area contributed by atoms with Crippen molar-refractivity contribution in [2.24, 2.45) is 0 Å². The second kappa shape index (κ2) is 6.33. The molecule has 0 bridgehead atoms. The summed E-state index contributed by atoms with van der Waals surface area (Å²) < 4.78 is 5.57. The number of nitrogens with one attached hydrogen (secondary N) is 1. The number of benzene rings is 1. The molecule has 2 N–H and O–H groups in total. The Labute approximate surface area is 112 Å². The molecule has 0 amide bonds. The van der Waals surface area contributed by atoms with Gasteiger partial charge in [0.25, 0.3) is 0 Å². The average molecular weight is 261 g/mol. The first kappa shape index (κ1) is 13.5. The van der Waals surface area contributed by atoms with Gasteiger partial charge in [-0.1, -0.05) is 26.0 Å². The molecule has 0 fully saturated rings. The molecule has 1 aromatic heterocycles. The van der Waals surface area contributed by atoms with E-state index in [0.717, 1.165) is 18.5 Å². The summed E-state index contributed by atoms with van der Waals surface area (Å²) in [6.07, 6.45) is 1.27. The summed E-state index contributed by atoms with van der Waals surface area (Å²) in [6, 6.07) is 7.51. The van der Waals surface area contributed by atoms with Crippen molar-refractivity contribution >= 4 is 0 Å². The van der Waals surface area contributed by atoms with Crippen LogP contribution in [0.2, 0.25) is 0 Å². The molecule has 0 unspecified atom stereocenters. The Morgan fingerprint density at radius 3 is 2.79 bits per heavy atom. The number of phenols is 1. The van der Waals surface area contributed by atoms with Gasteiger partial charge in [0.2, 0.25) is 11.8 Å². The predicted molar refractivity (Wildman–Crippen MR) is 72.1 cm³/mol. The summed E-state index contributed by atoms with van der Waals surface area (Å²) in [5.41, 5.74) is 0.954. The van der Waals surface area contributed by atoms with Crippen molar-refractivity contribution in [1.82, 2.24) is 15.5 Å². The van der Waals surface area contributed by atoms with Crippen LogP contribution in [-0.4, -0.2) is 27.9 Å². The first-order valence-corrected chi connectivity index (χ1v) is 6.46. The minimum Gasteiger partial charge on any atom is -0.508 e. The van der Waals surface area contributed by atoms with E-state index in [1.54, 1.807) is 18.2 Å². The van der Waals surface area contributed by atoms with Gasteiger partial charge in [-0.05, 0) is 17.7 Å². The Hall–Kier alpha value is -1.88. The van der Waals surface area contributed by atoms with E-state index in [2.05, 4.69) is 29.4 Å². The third kappa shape index (κ3) is 4.37. The molecule has 0 spiro atoms. The maximum atomic E-state index is 9.39. The number of phenolic OH excluding ortho intramolecular Hbond substituents is 1. The highest BCUT2D eigenvalue weighted by molar-refractivity contribution is 5.28. The van der Waals surface area contributed by atoms with E-state index in [1.807, 2.05) is 6.07 Å². The van der Waals surface area contributed by atoms with Crippen LogP contribution in [0.5, 0.6) is 5.75 Å². The fraction of sp³-hybridized carbons (Fsp3) is 0.429. The molecule has 0 radical (unpaired) electrons. The van der Waals surface area contributed by atoms with Crippen LogP contribution in [0, 0.1) is 0 Å². The summed E-state index contributed by atoms with van der Waals surface area (Å²) in [5, 5.41) is 20.7. The number of nitrogens with zero attached hydrogens (tertiary/aromatic N) is 2. The van der Waals surface area contributed by atoms with Crippen molar-refractivity contribution < 1.29 is 9.52 Å². The van der Waals surface area contributed by atoms with Crippen LogP contribution in [0.15, 0.2) is 28.7 Å². The predicted octanol–water partition coefficient (Wildman–Crippen LogP) is 1.91. The smallest absolute Gasteiger partial charge is 0.220 e. The lowest BCUT2D eigenvalue weighted by Gasteiger charge is -2.04. The van der Waals surface area contributed by atoms with Crippen LogP contribution >= 0.6 is 0 Å². The van der Waals surface area contributed by atoms with Crippen molar-refractivity contribution in [2.45, 2.75) is 32.7 Å². The molecule has 0 saturated carbocycles.